The predicted molar refractivity (Wildman–Crippen MR) is 78.9 cm³/mol. The molecule has 0 bridgehead atoms. The average molecular weight is 282 g/mol. The molecule has 0 aliphatic rings. The molecule has 18 heavy (non-hydrogen) atoms. The first-order chi connectivity index (χ1) is 8.67. The normalized spacial score (nSPS) is 11.2. The van der Waals surface area contributed by atoms with Gasteiger partial charge in [0.05, 0.1) is 10.9 Å². The van der Waals surface area contributed by atoms with Crippen LogP contribution in [0.5, 0.6) is 0 Å². The molecule has 4 heteroatoms. The second-order valence-corrected chi connectivity index (χ2v) is 5.40. The zero-order valence-corrected chi connectivity index (χ0v) is 11.9. The molecule has 0 fully saturated rings. The lowest BCUT2D eigenvalue weighted by Crippen LogP contribution is -2.28. The van der Waals surface area contributed by atoms with E-state index in [0.717, 1.165) is 9.21 Å². The van der Waals surface area contributed by atoms with Crippen LogP contribution in [0.2, 0.25) is 4.34 Å². The van der Waals surface area contributed by atoms with E-state index in [1.807, 2.05) is 31.2 Å². The Hall–Kier alpha value is -1.32. The summed E-state index contributed by atoms with van der Waals surface area (Å²) in [4.78, 5) is 14.7. The van der Waals surface area contributed by atoms with Crippen molar-refractivity contribution < 1.29 is 4.79 Å². The van der Waals surface area contributed by atoms with Crippen LogP contribution in [0, 0.1) is 0 Å². The van der Waals surface area contributed by atoms with Gasteiger partial charge in [-0.2, -0.15) is 0 Å². The first-order valence-corrected chi connectivity index (χ1v) is 6.80. The van der Waals surface area contributed by atoms with Crippen LogP contribution in [0.4, 0.5) is 0 Å². The third-order valence-electron chi connectivity index (χ3n) is 2.18. The minimum atomic E-state index is -0.0301. The minimum absolute atomic E-state index is 0.0301. The van der Waals surface area contributed by atoms with Crippen molar-refractivity contribution in [1.29, 1.82) is 0 Å². The molecular formula is C14H16ClNOS. The number of allylic oxidation sites excluding steroid dienone is 3. The summed E-state index contributed by atoms with van der Waals surface area (Å²) in [6.07, 6.45) is 8.71. The molecule has 0 N–H and O–H groups in total. The summed E-state index contributed by atoms with van der Waals surface area (Å²) in [6, 6.07) is 3.78. The molecule has 1 amide bonds. The minimum Gasteiger partial charge on any atom is -0.330 e. The standard InChI is InChI=1S/C14H16ClNOS/c1-3-5-6-7-14(17)16(10-4-2)11-12-8-9-13(15)18-12/h3-9H,2,10-11H2,1H3. The predicted octanol–water partition coefficient (Wildman–Crippen LogP) is 4.05. The van der Waals surface area contributed by atoms with Crippen LogP contribution in [-0.2, 0) is 11.3 Å². The third-order valence-corrected chi connectivity index (χ3v) is 3.39. The largest absolute Gasteiger partial charge is 0.330 e. The molecular weight excluding hydrogens is 266 g/mol. The van der Waals surface area contributed by atoms with E-state index in [-0.39, 0.29) is 5.91 Å². The van der Waals surface area contributed by atoms with Crippen LogP contribution in [0.15, 0.2) is 49.1 Å². The van der Waals surface area contributed by atoms with Gasteiger partial charge in [-0.05, 0) is 19.1 Å². The zero-order valence-electron chi connectivity index (χ0n) is 10.3. The van der Waals surface area contributed by atoms with Crippen molar-refractivity contribution in [3.63, 3.8) is 0 Å². The highest BCUT2D eigenvalue weighted by Crippen LogP contribution is 2.22. The number of carbonyl (C=O) groups is 1. The second kappa shape index (κ2) is 7.90. The van der Waals surface area contributed by atoms with Gasteiger partial charge in [0.25, 0.3) is 0 Å². The van der Waals surface area contributed by atoms with Crippen molar-refractivity contribution in [3.8, 4) is 0 Å². The van der Waals surface area contributed by atoms with Crippen LogP contribution < -0.4 is 0 Å². The van der Waals surface area contributed by atoms with Gasteiger partial charge in [0.15, 0.2) is 0 Å². The van der Waals surface area contributed by atoms with Crippen molar-refractivity contribution in [2.75, 3.05) is 6.54 Å². The Kier molecular flexibility index (Phi) is 6.47. The van der Waals surface area contributed by atoms with Crippen LogP contribution in [0.1, 0.15) is 11.8 Å². The van der Waals surface area contributed by atoms with Crippen LogP contribution in [0.25, 0.3) is 0 Å². The molecule has 0 aliphatic carbocycles. The fourth-order valence-corrected chi connectivity index (χ4v) is 2.47. The first kappa shape index (κ1) is 14.7. The number of thiophene rings is 1. The van der Waals surface area contributed by atoms with E-state index in [9.17, 15) is 4.79 Å². The van der Waals surface area contributed by atoms with Crippen LogP contribution in [-0.4, -0.2) is 17.4 Å². The molecule has 0 spiro atoms. The number of hydrogen-bond donors (Lipinski definition) is 0. The summed E-state index contributed by atoms with van der Waals surface area (Å²) in [7, 11) is 0. The van der Waals surface area contributed by atoms with Crippen molar-refractivity contribution >= 4 is 28.8 Å². The molecule has 0 radical (unpaired) electrons. The lowest BCUT2D eigenvalue weighted by atomic mass is 10.3. The van der Waals surface area contributed by atoms with Gasteiger partial charge in [0, 0.05) is 17.5 Å². The number of nitrogens with zero attached hydrogens (tertiary/aromatic N) is 1. The Morgan fingerprint density at radius 2 is 2.28 bits per heavy atom. The van der Waals surface area contributed by atoms with Gasteiger partial charge < -0.3 is 4.90 Å². The fourth-order valence-electron chi connectivity index (χ4n) is 1.37. The maximum atomic E-state index is 11.9. The maximum Gasteiger partial charge on any atom is 0.247 e. The highest BCUT2D eigenvalue weighted by atomic mass is 35.5. The number of rotatable bonds is 6. The summed E-state index contributed by atoms with van der Waals surface area (Å²) < 4.78 is 0.737. The van der Waals surface area contributed by atoms with Gasteiger partial charge in [-0.25, -0.2) is 0 Å². The molecule has 1 aromatic heterocycles. The van der Waals surface area contributed by atoms with Crippen LogP contribution in [0.3, 0.4) is 0 Å². The number of hydrogen-bond acceptors (Lipinski definition) is 2. The van der Waals surface area contributed by atoms with E-state index in [1.165, 1.54) is 11.3 Å². The maximum absolute atomic E-state index is 11.9. The molecule has 96 valence electrons. The summed E-state index contributed by atoms with van der Waals surface area (Å²) in [6.45, 7) is 6.66. The molecule has 0 unspecified atom stereocenters. The summed E-state index contributed by atoms with van der Waals surface area (Å²) >= 11 is 7.36. The summed E-state index contributed by atoms with van der Waals surface area (Å²) in [5.41, 5.74) is 0. The Morgan fingerprint density at radius 3 is 2.83 bits per heavy atom. The zero-order chi connectivity index (χ0) is 13.4. The number of carbonyl (C=O) groups excluding carboxylic acids is 1. The molecule has 1 aromatic rings. The second-order valence-electron chi connectivity index (χ2n) is 3.60. The van der Waals surface area contributed by atoms with E-state index in [2.05, 4.69) is 6.58 Å². The lowest BCUT2D eigenvalue weighted by Gasteiger charge is -2.18. The van der Waals surface area contributed by atoms with Gasteiger partial charge >= 0.3 is 0 Å². The quantitative estimate of drug-likeness (QED) is 0.438. The van der Waals surface area contributed by atoms with E-state index in [4.69, 9.17) is 11.6 Å². The average Bonchev–Trinajstić information content (AvgIpc) is 2.74. The van der Waals surface area contributed by atoms with E-state index in [1.54, 1.807) is 23.1 Å². The molecule has 0 aliphatic heterocycles. The number of halogens is 1. The van der Waals surface area contributed by atoms with Gasteiger partial charge in [0.1, 0.15) is 0 Å². The van der Waals surface area contributed by atoms with Gasteiger partial charge in [0.2, 0.25) is 5.91 Å². The van der Waals surface area contributed by atoms with Crippen molar-refractivity contribution in [2.45, 2.75) is 13.5 Å². The molecule has 0 saturated heterocycles. The topological polar surface area (TPSA) is 20.3 Å². The van der Waals surface area contributed by atoms with Gasteiger partial charge in [-0.1, -0.05) is 35.9 Å². The van der Waals surface area contributed by atoms with E-state index < -0.39 is 0 Å². The molecule has 2 nitrogen and oxygen atoms in total. The summed E-state index contributed by atoms with van der Waals surface area (Å²) in [5.74, 6) is -0.0301. The molecule has 0 aromatic carbocycles. The van der Waals surface area contributed by atoms with Crippen molar-refractivity contribution in [3.05, 3.63) is 58.3 Å². The Bertz CT molecular complexity index is 462. The summed E-state index contributed by atoms with van der Waals surface area (Å²) in [5, 5.41) is 0. The Balaban J connectivity index is 2.69. The van der Waals surface area contributed by atoms with Crippen LogP contribution >= 0.6 is 22.9 Å². The van der Waals surface area contributed by atoms with Gasteiger partial charge in [-0.3, -0.25) is 4.79 Å². The van der Waals surface area contributed by atoms with E-state index in [0.29, 0.717) is 13.1 Å². The lowest BCUT2D eigenvalue weighted by molar-refractivity contribution is -0.126. The highest BCUT2D eigenvalue weighted by molar-refractivity contribution is 7.16. The SMILES string of the molecule is C=CCN(Cc1ccc(Cl)s1)C(=O)C=CC=CC. The molecule has 0 saturated carbocycles. The highest BCUT2D eigenvalue weighted by Gasteiger charge is 2.10. The van der Waals surface area contributed by atoms with Crippen molar-refractivity contribution in [2.24, 2.45) is 0 Å². The van der Waals surface area contributed by atoms with Crippen molar-refractivity contribution in [1.82, 2.24) is 4.90 Å². The third kappa shape index (κ3) is 4.90. The molecule has 1 rings (SSSR count). The van der Waals surface area contributed by atoms with Gasteiger partial charge in [-0.15, -0.1) is 17.9 Å². The molecule has 1 heterocycles. The van der Waals surface area contributed by atoms with E-state index >= 15 is 0 Å². The smallest absolute Gasteiger partial charge is 0.247 e. The molecule has 0 atom stereocenters. The fraction of sp³-hybridized carbons (Fsp3) is 0.214. The Morgan fingerprint density at radius 1 is 1.50 bits per heavy atom. The monoisotopic (exact) mass is 281 g/mol. The number of amides is 1. The first-order valence-electron chi connectivity index (χ1n) is 5.60. The Labute approximate surface area is 117 Å².